The highest BCUT2D eigenvalue weighted by Crippen LogP contribution is 2.23. The Morgan fingerprint density at radius 3 is 3.17 bits per heavy atom. The third kappa shape index (κ3) is 2.24. The highest BCUT2D eigenvalue weighted by atomic mass is 32.1. The van der Waals surface area contributed by atoms with E-state index in [2.05, 4.69) is 5.32 Å². The van der Waals surface area contributed by atoms with Crippen molar-refractivity contribution in [3.05, 3.63) is 51.7 Å². The summed E-state index contributed by atoms with van der Waals surface area (Å²) in [7, 11) is 0. The third-order valence-electron chi connectivity index (χ3n) is 2.98. The number of carbonyl (C=O) groups is 1. The molecular formula is C14H13NO2S. The molecule has 0 fully saturated rings. The summed E-state index contributed by atoms with van der Waals surface area (Å²) in [6.45, 7) is 1.30. The fraction of sp³-hybridized carbons (Fsp3) is 0.214. The monoisotopic (exact) mass is 259 g/mol. The van der Waals surface area contributed by atoms with Crippen molar-refractivity contribution in [2.75, 3.05) is 11.9 Å². The molecule has 92 valence electrons. The largest absolute Gasteiger partial charge is 0.456 e. The molecule has 1 aliphatic heterocycles. The van der Waals surface area contributed by atoms with Gasteiger partial charge in [0.05, 0.1) is 5.56 Å². The molecule has 1 aromatic carbocycles. The van der Waals surface area contributed by atoms with Crippen molar-refractivity contribution in [3.63, 3.8) is 0 Å². The van der Waals surface area contributed by atoms with Crippen molar-refractivity contribution in [3.8, 4) is 0 Å². The fourth-order valence-corrected chi connectivity index (χ4v) is 2.66. The van der Waals surface area contributed by atoms with Crippen molar-refractivity contribution in [1.82, 2.24) is 0 Å². The average molecular weight is 259 g/mol. The minimum atomic E-state index is -0.252. The number of thiophene rings is 1. The molecule has 1 aliphatic rings. The van der Waals surface area contributed by atoms with Gasteiger partial charge in [-0.15, -0.1) is 11.3 Å². The van der Waals surface area contributed by atoms with Gasteiger partial charge in [-0.1, -0.05) is 6.07 Å². The lowest BCUT2D eigenvalue weighted by Crippen LogP contribution is -2.04. The molecule has 0 atom stereocenters. The van der Waals surface area contributed by atoms with E-state index in [0.717, 1.165) is 23.5 Å². The lowest BCUT2D eigenvalue weighted by molar-refractivity contribution is 0.0477. The van der Waals surface area contributed by atoms with Crippen LogP contribution in [0.2, 0.25) is 0 Å². The van der Waals surface area contributed by atoms with Crippen molar-refractivity contribution in [1.29, 1.82) is 0 Å². The number of nitrogens with one attached hydrogen (secondary N) is 1. The van der Waals surface area contributed by atoms with Gasteiger partial charge in [0.1, 0.15) is 6.61 Å². The normalized spacial score (nSPS) is 12.9. The minimum Gasteiger partial charge on any atom is -0.456 e. The van der Waals surface area contributed by atoms with Crippen LogP contribution >= 0.6 is 11.3 Å². The first-order chi connectivity index (χ1) is 8.83. The van der Waals surface area contributed by atoms with Crippen molar-refractivity contribution >= 4 is 23.0 Å². The Balaban J connectivity index is 1.69. The van der Waals surface area contributed by atoms with Gasteiger partial charge in [-0.3, -0.25) is 0 Å². The van der Waals surface area contributed by atoms with E-state index in [4.69, 9.17) is 4.74 Å². The van der Waals surface area contributed by atoms with Gasteiger partial charge in [0, 0.05) is 17.1 Å². The van der Waals surface area contributed by atoms with E-state index >= 15 is 0 Å². The van der Waals surface area contributed by atoms with Gasteiger partial charge in [0.2, 0.25) is 0 Å². The zero-order valence-corrected chi connectivity index (χ0v) is 10.6. The number of hydrogen-bond acceptors (Lipinski definition) is 4. The van der Waals surface area contributed by atoms with E-state index in [0.29, 0.717) is 12.2 Å². The van der Waals surface area contributed by atoms with Gasteiger partial charge in [0.25, 0.3) is 0 Å². The van der Waals surface area contributed by atoms with E-state index in [9.17, 15) is 4.79 Å². The topological polar surface area (TPSA) is 38.3 Å². The van der Waals surface area contributed by atoms with Crippen LogP contribution in [-0.2, 0) is 17.8 Å². The maximum absolute atomic E-state index is 11.9. The van der Waals surface area contributed by atoms with Crippen molar-refractivity contribution in [2.24, 2.45) is 0 Å². The number of anilines is 1. The number of rotatable bonds is 3. The van der Waals surface area contributed by atoms with E-state index in [1.165, 1.54) is 5.56 Å². The van der Waals surface area contributed by atoms with Crippen LogP contribution in [0, 0.1) is 0 Å². The van der Waals surface area contributed by atoms with E-state index in [1.807, 2.05) is 35.7 Å². The molecule has 0 radical (unpaired) electrons. The Bertz CT molecular complexity index is 563. The molecule has 0 unspecified atom stereocenters. The van der Waals surface area contributed by atoms with Crippen LogP contribution in [0.25, 0.3) is 0 Å². The van der Waals surface area contributed by atoms with E-state index in [-0.39, 0.29) is 5.97 Å². The van der Waals surface area contributed by atoms with Crippen molar-refractivity contribution in [2.45, 2.75) is 13.0 Å². The summed E-state index contributed by atoms with van der Waals surface area (Å²) in [5, 5.41) is 5.25. The first-order valence-electron chi connectivity index (χ1n) is 5.89. The molecule has 0 saturated carbocycles. The summed E-state index contributed by atoms with van der Waals surface area (Å²) in [4.78, 5) is 13.0. The summed E-state index contributed by atoms with van der Waals surface area (Å²) in [5.41, 5.74) is 2.96. The highest BCUT2D eigenvalue weighted by molar-refractivity contribution is 7.09. The first kappa shape index (κ1) is 11.3. The third-order valence-corrected chi connectivity index (χ3v) is 3.83. The van der Waals surface area contributed by atoms with Crippen LogP contribution in [0.1, 0.15) is 20.8 Å². The lowest BCUT2D eigenvalue weighted by Gasteiger charge is -2.05. The van der Waals surface area contributed by atoms with Gasteiger partial charge < -0.3 is 10.1 Å². The average Bonchev–Trinajstić information content (AvgIpc) is 3.05. The van der Waals surface area contributed by atoms with Gasteiger partial charge in [0.15, 0.2) is 0 Å². The Morgan fingerprint density at radius 1 is 1.39 bits per heavy atom. The van der Waals surface area contributed by atoms with Crippen LogP contribution in [0.15, 0.2) is 35.7 Å². The van der Waals surface area contributed by atoms with E-state index in [1.54, 1.807) is 11.3 Å². The number of esters is 1. The number of benzene rings is 1. The van der Waals surface area contributed by atoms with Crippen LogP contribution in [0.4, 0.5) is 5.69 Å². The minimum absolute atomic E-state index is 0.252. The molecule has 3 nitrogen and oxygen atoms in total. The Kier molecular flexibility index (Phi) is 3.02. The van der Waals surface area contributed by atoms with Crippen molar-refractivity contribution < 1.29 is 9.53 Å². The number of carbonyl (C=O) groups excluding carboxylic acids is 1. The smallest absolute Gasteiger partial charge is 0.338 e. The Morgan fingerprint density at radius 2 is 2.33 bits per heavy atom. The number of fused-ring (bicyclic) bond motifs is 1. The number of ether oxygens (including phenoxy) is 1. The molecule has 2 heterocycles. The van der Waals surface area contributed by atoms with Crippen LogP contribution in [0.5, 0.6) is 0 Å². The fourth-order valence-electron chi connectivity index (χ4n) is 2.05. The van der Waals surface area contributed by atoms with Crippen LogP contribution in [0.3, 0.4) is 0 Å². The Hall–Kier alpha value is -1.81. The second-order valence-corrected chi connectivity index (χ2v) is 5.24. The highest BCUT2D eigenvalue weighted by Gasteiger charge is 2.14. The molecule has 0 aliphatic carbocycles. The molecule has 0 bridgehead atoms. The number of hydrogen-bond donors (Lipinski definition) is 1. The summed E-state index contributed by atoms with van der Waals surface area (Å²) >= 11 is 1.59. The Labute approximate surface area is 109 Å². The lowest BCUT2D eigenvalue weighted by atomic mass is 10.1. The summed E-state index contributed by atoms with van der Waals surface area (Å²) in [6, 6.07) is 9.60. The standard InChI is InChI=1S/C14H13NO2S/c16-14(17-9-12-2-1-7-18-12)11-3-4-13-10(8-11)5-6-15-13/h1-4,7-8,15H,5-6,9H2. The maximum Gasteiger partial charge on any atom is 0.338 e. The molecule has 18 heavy (non-hydrogen) atoms. The molecule has 4 heteroatoms. The van der Waals surface area contributed by atoms with Gasteiger partial charge >= 0.3 is 5.97 Å². The molecule has 0 amide bonds. The van der Waals surface area contributed by atoms with E-state index < -0.39 is 0 Å². The predicted molar refractivity (Wildman–Crippen MR) is 72.1 cm³/mol. The second-order valence-electron chi connectivity index (χ2n) is 4.20. The summed E-state index contributed by atoms with van der Waals surface area (Å²) < 4.78 is 5.28. The zero-order chi connectivity index (χ0) is 12.4. The van der Waals surface area contributed by atoms with Gasteiger partial charge in [-0.2, -0.15) is 0 Å². The second kappa shape index (κ2) is 4.82. The zero-order valence-electron chi connectivity index (χ0n) is 9.81. The SMILES string of the molecule is O=C(OCc1cccs1)c1ccc2c(c1)CCN2. The van der Waals surface area contributed by atoms with Gasteiger partial charge in [-0.05, 0) is 41.6 Å². The quantitative estimate of drug-likeness (QED) is 0.861. The van der Waals surface area contributed by atoms with Gasteiger partial charge in [-0.25, -0.2) is 4.79 Å². The molecule has 2 aromatic rings. The van der Waals surface area contributed by atoms with Crippen LogP contribution in [-0.4, -0.2) is 12.5 Å². The summed E-state index contributed by atoms with van der Waals surface area (Å²) in [5.74, 6) is -0.252. The molecule has 3 rings (SSSR count). The molecule has 0 saturated heterocycles. The molecule has 1 aromatic heterocycles. The predicted octanol–water partition coefficient (Wildman–Crippen LogP) is 3.07. The summed E-state index contributed by atoms with van der Waals surface area (Å²) in [6.07, 6.45) is 0.974. The first-order valence-corrected chi connectivity index (χ1v) is 6.77. The maximum atomic E-state index is 11.9. The van der Waals surface area contributed by atoms with Crippen LogP contribution < -0.4 is 5.32 Å². The molecular weight excluding hydrogens is 246 g/mol. The molecule has 0 spiro atoms. The molecule has 1 N–H and O–H groups in total.